The molecule has 0 atom stereocenters. The summed E-state index contributed by atoms with van der Waals surface area (Å²) in [4.78, 5) is 21.2. The fourth-order valence-corrected chi connectivity index (χ4v) is 3.06. The van der Waals surface area contributed by atoms with Crippen LogP contribution < -0.4 is 15.1 Å². The number of pyridine rings is 1. The van der Waals surface area contributed by atoms with Crippen molar-refractivity contribution in [1.29, 1.82) is 0 Å². The number of aromatic nitrogens is 1. The predicted molar refractivity (Wildman–Crippen MR) is 104 cm³/mol. The second kappa shape index (κ2) is 9.20. The molecule has 1 aliphatic heterocycles. The quantitative estimate of drug-likeness (QED) is 0.773. The number of carbonyl (C=O) groups excluding carboxylic acids is 1. The third kappa shape index (κ3) is 4.73. The van der Waals surface area contributed by atoms with Crippen LogP contribution in [0, 0.1) is 0 Å². The van der Waals surface area contributed by atoms with Gasteiger partial charge in [-0.1, -0.05) is 18.2 Å². The zero-order chi connectivity index (χ0) is 18.2. The number of amides is 1. The van der Waals surface area contributed by atoms with Crippen LogP contribution in [-0.2, 0) is 4.74 Å². The Bertz CT molecular complexity index is 683. The minimum absolute atomic E-state index is 0.0888. The molecule has 1 fully saturated rings. The van der Waals surface area contributed by atoms with Crippen LogP contribution in [0.3, 0.4) is 0 Å². The lowest BCUT2D eigenvalue weighted by Crippen LogP contribution is -2.46. The highest BCUT2D eigenvalue weighted by Crippen LogP contribution is 2.19. The van der Waals surface area contributed by atoms with E-state index in [1.54, 1.807) is 13.3 Å². The van der Waals surface area contributed by atoms with E-state index in [2.05, 4.69) is 44.4 Å². The topological polar surface area (TPSA) is 57.7 Å². The number of rotatable bonds is 7. The van der Waals surface area contributed by atoms with Crippen molar-refractivity contribution in [3.63, 3.8) is 0 Å². The lowest BCUT2D eigenvalue weighted by Gasteiger charge is -2.36. The zero-order valence-corrected chi connectivity index (χ0v) is 15.2. The molecule has 6 nitrogen and oxygen atoms in total. The Kier molecular flexibility index (Phi) is 6.44. The van der Waals surface area contributed by atoms with Gasteiger partial charge in [-0.2, -0.15) is 0 Å². The fraction of sp³-hybridized carbons (Fsp3) is 0.400. The first-order valence-corrected chi connectivity index (χ1v) is 9.06. The molecule has 1 aliphatic rings. The molecule has 138 valence electrons. The Hall–Kier alpha value is -2.60. The Balaban J connectivity index is 1.51. The number of anilines is 2. The number of hydrogen-bond acceptors (Lipinski definition) is 5. The fourth-order valence-electron chi connectivity index (χ4n) is 3.06. The van der Waals surface area contributed by atoms with Crippen LogP contribution in [0.4, 0.5) is 11.5 Å². The number of nitrogens with zero attached hydrogens (tertiary/aromatic N) is 3. The van der Waals surface area contributed by atoms with Crippen molar-refractivity contribution in [1.82, 2.24) is 10.3 Å². The maximum atomic E-state index is 12.1. The predicted octanol–water partition coefficient (Wildman–Crippen LogP) is 2.17. The van der Waals surface area contributed by atoms with E-state index >= 15 is 0 Å². The number of benzene rings is 1. The van der Waals surface area contributed by atoms with Crippen molar-refractivity contribution in [2.24, 2.45) is 0 Å². The summed E-state index contributed by atoms with van der Waals surface area (Å²) in [5, 5.41) is 2.88. The molecule has 1 saturated heterocycles. The number of para-hydroxylation sites is 1. The molecule has 26 heavy (non-hydrogen) atoms. The summed E-state index contributed by atoms with van der Waals surface area (Å²) in [5.74, 6) is 0.836. The van der Waals surface area contributed by atoms with E-state index in [9.17, 15) is 4.79 Å². The van der Waals surface area contributed by atoms with Crippen LogP contribution in [0.5, 0.6) is 0 Å². The molecule has 6 heteroatoms. The van der Waals surface area contributed by atoms with Gasteiger partial charge in [0.05, 0.1) is 5.56 Å². The van der Waals surface area contributed by atoms with Crippen LogP contribution in [0.1, 0.15) is 16.8 Å². The van der Waals surface area contributed by atoms with Gasteiger partial charge in [-0.25, -0.2) is 4.98 Å². The third-order valence-corrected chi connectivity index (χ3v) is 4.55. The Morgan fingerprint density at radius 1 is 1.08 bits per heavy atom. The van der Waals surface area contributed by atoms with Gasteiger partial charge in [0.25, 0.3) is 5.91 Å². The number of hydrogen-bond donors (Lipinski definition) is 1. The van der Waals surface area contributed by atoms with Gasteiger partial charge in [-0.3, -0.25) is 4.79 Å². The number of ether oxygens (including phenoxy) is 1. The molecular formula is C20H26N4O2. The molecule has 2 heterocycles. The van der Waals surface area contributed by atoms with E-state index in [-0.39, 0.29) is 5.91 Å². The zero-order valence-electron chi connectivity index (χ0n) is 15.2. The van der Waals surface area contributed by atoms with Crippen molar-refractivity contribution in [2.45, 2.75) is 6.42 Å². The molecule has 3 rings (SSSR count). The summed E-state index contributed by atoms with van der Waals surface area (Å²) in [5.41, 5.74) is 1.86. The van der Waals surface area contributed by atoms with Gasteiger partial charge >= 0.3 is 0 Å². The second-order valence-electron chi connectivity index (χ2n) is 6.32. The summed E-state index contributed by atoms with van der Waals surface area (Å²) in [6.45, 7) is 5.03. The molecule has 0 spiro atoms. The Morgan fingerprint density at radius 3 is 2.46 bits per heavy atom. The molecule has 2 aromatic rings. The summed E-state index contributed by atoms with van der Waals surface area (Å²) >= 11 is 0. The van der Waals surface area contributed by atoms with E-state index in [0.29, 0.717) is 18.7 Å². The largest absolute Gasteiger partial charge is 0.385 e. The van der Waals surface area contributed by atoms with Crippen LogP contribution in [0.2, 0.25) is 0 Å². The molecule has 1 aromatic carbocycles. The average molecular weight is 354 g/mol. The molecule has 0 saturated carbocycles. The molecule has 0 radical (unpaired) electrons. The number of methoxy groups -OCH3 is 1. The van der Waals surface area contributed by atoms with E-state index in [0.717, 1.165) is 38.4 Å². The first-order valence-electron chi connectivity index (χ1n) is 9.06. The molecule has 1 aromatic heterocycles. The van der Waals surface area contributed by atoms with E-state index in [4.69, 9.17) is 4.74 Å². The van der Waals surface area contributed by atoms with Crippen LogP contribution >= 0.6 is 0 Å². The molecular weight excluding hydrogens is 328 g/mol. The first-order chi connectivity index (χ1) is 12.8. The van der Waals surface area contributed by atoms with Crippen LogP contribution in [-0.4, -0.2) is 57.3 Å². The van der Waals surface area contributed by atoms with Crippen molar-refractivity contribution in [2.75, 3.05) is 56.2 Å². The van der Waals surface area contributed by atoms with E-state index in [1.807, 2.05) is 18.2 Å². The van der Waals surface area contributed by atoms with Gasteiger partial charge in [-0.05, 0) is 30.7 Å². The lowest BCUT2D eigenvalue weighted by atomic mass is 10.2. The maximum Gasteiger partial charge on any atom is 0.252 e. The van der Waals surface area contributed by atoms with Gasteiger partial charge < -0.3 is 19.9 Å². The highest BCUT2D eigenvalue weighted by molar-refractivity contribution is 5.94. The normalized spacial score (nSPS) is 14.3. The van der Waals surface area contributed by atoms with Crippen molar-refractivity contribution < 1.29 is 9.53 Å². The summed E-state index contributed by atoms with van der Waals surface area (Å²) in [6.07, 6.45) is 2.46. The Morgan fingerprint density at radius 2 is 1.81 bits per heavy atom. The van der Waals surface area contributed by atoms with Gasteiger partial charge in [-0.15, -0.1) is 0 Å². The summed E-state index contributed by atoms with van der Waals surface area (Å²) < 4.78 is 4.98. The number of carbonyl (C=O) groups is 1. The highest BCUT2D eigenvalue weighted by Gasteiger charge is 2.18. The molecule has 0 bridgehead atoms. The van der Waals surface area contributed by atoms with Crippen molar-refractivity contribution >= 4 is 17.4 Å². The average Bonchev–Trinajstić information content (AvgIpc) is 2.72. The molecule has 0 aliphatic carbocycles. The molecule has 1 N–H and O–H groups in total. The standard InChI is InChI=1S/C20H26N4O2/c1-26-15-5-10-21-20(25)17-8-9-19(22-16-17)24-13-11-23(12-14-24)18-6-3-2-4-7-18/h2-4,6-9,16H,5,10-15H2,1H3,(H,21,25). The van der Waals surface area contributed by atoms with Crippen LogP contribution in [0.25, 0.3) is 0 Å². The van der Waals surface area contributed by atoms with Gasteiger partial charge in [0.15, 0.2) is 0 Å². The van der Waals surface area contributed by atoms with Crippen LogP contribution in [0.15, 0.2) is 48.7 Å². The van der Waals surface area contributed by atoms with Gasteiger partial charge in [0.2, 0.25) is 0 Å². The third-order valence-electron chi connectivity index (χ3n) is 4.55. The van der Waals surface area contributed by atoms with E-state index < -0.39 is 0 Å². The smallest absolute Gasteiger partial charge is 0.252 e. The minimum Gasteiger partial charge on any atom is -0.385 e. The van der Waals surface area contributed by atoms with E-state index in [1.165, 1.54) is 5.69 Å². The highest BCUT2D eigenvalue weighted by atomic mass is 16.5. The summed E-state index contributed by atoms with van der Waals surface area (Å²) in [7, 11) is 1.66. The minimum atomic E-state index is -0.0888. The van der Waals surface area contributed by atoms with Gasteiger partial charge in [0, 0.05) is 58.3 Å². The van der Waals surface area contributed by atoms with Crippen molar-refractivity contribution in [3.05, 3.63) is 54.2 Å². The molecule has 1 amide bonds. The molecule has 0 unspecified atom stereocenters. The monoisotopic (exact) mass is 354 g/mol. The first kappa shape index (κ1) is 18.2. The lowest BCUT2D eigenvalue weighted by molar-refractivity contribution is 0.0948. The second-order valence-corrected chi connectivity index (χ2v) is 6.32. The Labute approximate surface area is 154 Å². The SMILES string of the molecule is COCCCNC(=O)c1ccc(N2CCN(c3ccccc3)CC2)nc1. The maximum absolute atomic E-state index is 12.1. The van der Waals surface area contributed by atoms with Crippen molar-refractivity contribution in [3.8, 4) is 0 Å². The summed E-state index contributed by atoms with van der Waals surface area (Å²) in [6, 6.07) is 14.3. The number of nitrogens with one attached hydrogen (secondary N) is 1. The number of piperazine rings is 1. The van der Waals surface area contributed by atoms with Gasteiger partial charge in [0.1, 0.15) is 5.82 Å².